The minimum absolute atomic E-state index is 0.222. The van der Waals surface area contributed by atoms with Gasteiger partial charge in [0, 0.05) is 23.7 Å². The second-order valence-electron chi connectivity index (χ2n) is 7.64. The van der Waals surface area contributed by atoms with Gasteiger partial charge in [-0.25, -0.2) is 22.2 Å². The number of rotatable bonds is 8. The predicted molar refractivity (Wildman–Crippen MR) is 124 cm³/mol. The van der Waals surface area contributed by atoms with Gasteiger partial charge in [-0.2, -0.15) is 0 Å². The van der Waals surface area contributed by atoms with Crippen molar-refractivity contribution in [3.05, 3.63) is 83.6 Å². The molecule has 0 aliphatic heterocycles. The molecular weight excluding hydrogens is 448 g/mol. The van der Waals surface area contributed by atoms with E-state index >= 15 is 0 Å². The van der Waals surface area contributed by atoms with Crippen LogP contribution in [0.15, 0.2) is 60.8 Å². The third kappa shape index (κ3) is 4.93. The van der Waals surface area contributed by atoms with Gasteiger partial charge in [0.15, 0.2) is 11.6 Å². The van der Waals surface area contributed by atoms with Crippen LogP contribution < -0.4 is 4.72 Å². The first-order valence-corrected chi connectivity index (χ1v) is 12.0. The highest BCUT2D eigenvalue weighted by molar-refractivity contribution is 7.92. The summed E-state index contributed by atoms with van der Waals surface area (Å²) in [6.07, 6.45) is 1.49. The molecular formula is C24H21F2N3O3S. The number of sulfonamides is 1. The maximum absolute atomic E-state index is 14.9. The Bertz CT molecular complexity index is 1430. The lowest BCUT2D eigenvalue weighted by Gasteiger charge is -2.11. The molecule has 0 saturated heterocycles. The van der Waals surface area contributed by atoms with Crippen molar-refractivity contribution in [1.82, 2.24) is 9.97 Å². The summed E-state index contributed by atoms with van der Waals surface area (Å²) in [5.41, 5.74) is 1.67. The number of anilines is 1. The molecule has 9 heteroatoms. The molecule has 4 rings (SSSR count). The molecule has 0 bridgehead atoms. The molecule has 0 amide bonds. The fraction of sp³-hybridized carbons (Fsp3) is 0.167. The number of pyridine rings is 1. The van der Waals surface area contributed by atoms with Crippen molar-refractivity contribution in [3.63, 3.8) is 0 Å². The van der Waals surface area contributed by atoms with Crippen LogP contribution in [0.2, 0.25) is 0 Å². The number of nitrogens with zero attached hydrogens (tertiary/aromatic N) is 1. The van der Waals surface area contributed by atoms with Crippen LogP contribution in [-0.2, 0) is 16.4 Å². The van der Waals surface area contributed by atoms with E-state index in [0.717, 1.165) is 28.8 Å². The Balaban J connectivity index is 1.61. The molecule has 2 N–H and O–H groups in total. The van der Waals surface area contributed by atoms with Crippen molar-refractivity contribution in [2.24, 2.45) is 0 Å². The molecule has 2 heterocycles. The number of benzene rings is 2. The maximum Gasteiger partial charge on any atom is 0.232 e. The lowest BCUT2D eigenvalue weighted by Crippen LogP contribution is -2.19. The largest absolute Gasteiger partial charge is 0.339 e. The number of H-pyrrole nitrogens is 1. The van der Waals surface area contributed by atoms with Gasteiger partial charge in [-0.15, -0.1) is 0 Å². The lowest BCUT2D eigenvalue weighted by atomic mass is 10.0. The van der Waals surface area contributed by atoms with Gasteiger partial charge in [0.1, 0.15) is 11.5 Å². The molecule has 6 nitrogen and oxygen atoms in total. The number of carbonyl (C=O) groups is 1. The quantitative estimate of drug-likeness (QED) is 0.352. The molecule has 4 aromatic rings. The number of nitrogens with one attached hydrogen (secondary N) is 2. The van der Waals surface area contributed by atoms with Crippen molar-refractivity contribution in [1.29, 1.82) is 0 Å². The van der Waals surface area contributed by atoms with Crippen LogP contribution in [0.25, 0.3) is 22.3 Å². The molecule has 33 heavy (non-hydrogen) atoms. The summed E-state index contributed by atoms with van der Waals surface area (Å²) in [6, 6.07) is 15.1. The zero-order valence-corrected chi connectivity index (χ0v) is 18.5. The van der Waals surface area contributed by atoms with E-state index in [1.807, 2.05) is 36.4 Å². The molecule has 0 radical (unpaired) electrons. The van der Waals surface area contributed by atoms with Gasteiger partial charge in [-0.1, -0.05) is 37.3 Å². The van der Waals surface area contributed by atoms with Crippen molar-refractivity contribution in [2.45, 2.75) is 19.8 Å². The Kier molecular flexibility index (Phi) is 6.24. The van der Waals surface area contributed by atoms with Gasteiger partial charge in [0.25, 0.3) is 0 Å². The highest BCUT2D eigenvalue weighted by Gasteiger charge is 2.23. The number of hydrogen-bond acceptors (Lipinski definition) is 4. The fourth-order valence-corrected chi connectivity index (χ4v) is 4.71. The second kappa shape index (κ2) is 9.11. The first kappa shape index (κ1) is 22.6. The molecule has 0 unspecified atom stereocenters. The first-order valence-electron chi connectivity index (χ1n) is 10.3. The van der Waals surface area contributed by atoms with Crippen molar-refractivity contribution >= 4 is 32.5 Å². The zero-order chi connectivity index (χ0) is 23.6. The molecule has 0 spiro atoms. The second-order valence-corrected chi connectivity index (χ2v) is 9.48. The van der Waals surface area contributed by atoms with Crippen LogP contribution in [0, 0.1) is 11.6 Å². The summed E-state index contributed by atoms with van der Waals surface area (Å²) in [5, 5.41) is 0.751. The molecule has 0 saturated carbocycles. The maximum atomic E-state index is 14.9. The van der Waals surface area contributed by atoms with Gasteiger partial charge >= 0.3 is 0 Å². The number of aromatic nitrogens is 2. The van der Waals surface area contributed by atoms with Crippen molar-refractivity contribution < 1.29 is 22.0 Å². The van der Waals surface area contributed by atoms with Crippen molar-refractivity contribution in [2.75, 3.05) is 10.5 Å². The summed E-state index contributed by atoms with van der Waals surface area (Å²) >= 11 is 0. The van der Waals surface area contributed by atoms with E-state index < -0.39 is 38.7 Å². The normalized spacial score (nSPS) is 11.6. The van der Waals surface area contributed by atoms with E-state index in [1.54, 1.807) is 13.0 Å². The summed E-state index contributed by atoms with van der Waals surface area (Å²) in [6.45, 7) is 1.66. The van der Waals surface area contributed by atoms with Gasteiger partial charge in [-0.05, 0) is 41.8 Å². The molecule has 0 fully saturated rings. The molecule has 0 atom stereocenters. The van der Waals surface area contributed by atoms with Crippen LogP contribution >= 0.6 is 0 Å². The van der Waals surface area contributed by atoms with Crippen LogP contribution in [0.5, 0.6) is 0 Å². The van der Waals surface area contributed by atoms with Crippen LogP contribution in [0.4, 0.5) is 14.5 Å². The number of hydrogen-bond donors (Lipinski definition) is 2. The average molecular weight is 470 g/mol. The van der Waals surface area contributed by atoms with Gasteiger partial charge < -0.3 is 4.98 Å². The topological polar surface area (TPSA) is 91.9 Å². The number of Topliss-reactive ketones (excluding diaryl/α,β-unsaturated/α-hetero) is 1. The van der Waals surface area contributed by atoms with Gasteiger partial charge in [0.05, 0.1) is 17.0 Å². The number of fused-ring (bicyclic) bond motifs is 1. The SMILES string of the molecule is CCCS(=O)(=O)Nc1ccc(F)c(C(=O)Cc2cnc3[nH]c(-c4ccccc4)cc3c2)c1F. The third-order valence-corrected chi connectivity index (χ3v) is 6.56. The first-order chi connectivity index (χ1) is 15.8. The Labute approximate surface area is 189 Å². The average Bonchev–Trinajstić information content (AvgIpc) is 3.20. The lowest BCUT2D eigenvalue weighted by molar-refractivity contribution is 0.0985. The zero-order valence-electron chi connectivity index (χ0n) is 17.7. The summed E-state index contributed by atoms with van der Waals surface area (Å²) in [5.74, 6) is -3.33. The van der Waals surface area contributed by atoms with E-state index in [4.69, 9.17) is 0 Å². The van der Waals surface area contributed by atoms with Crippen LogP contribution in [0.3, 0.4) is 0 Å². The molecule has 170 valence electrons. The Morgan fingerprint density at radius 2 is 1.85 bits per heavy atom. The van der Waals surface area contributed by atoms with E-state index in [-0.39, 0.29) is 12.2 Å². The molecule has 0 aliphatic carbocycles. The fourth-order valence-electron chi connectivity index (χ4n) is 3.58. The van der Waals surface area contributed by atoms with Crippen molar-refractivity contribution in [3.8, 4) is 11.3 Å². The minimum atomic E-state index is -3.80. The van der Waals surface area contributed by atoms with E-state index in [1.165, 1.54) is 6.20 Å². The Morgan fingerprint density at radius 3 is 2.58 bits per heavy atom. The third-order valence-electron chi connectivity index (χ3n) is 5.08. The highest BCUT2D eigenvalue weighted by atomic mass is 32.2. The summed E-state index contributed by atoms with van der Waals surface area (Å²) in [4.78, 5) is 20.3. The van der Waals surface area contributed by atoms with Crippen LogP contribution in [-0.4, -0.2) is 29.9 Å². The highest BCUT2D eigenvalue weighted by Crippen LogP contribution is 2.26. The smallest absolute Gasteiger partial charge is 0.232 e. The Morgan fingerprint density at radius 1 is 1.09 bits per heavy atom. The van der Waals surface area contributed by atoms with E-state index in [0.29, 0.717) is 17.6 Å². The summed E-state index contributed by atoms with van der Waals surface area (Å²) in [7, 11) is -3.80. The van der Waals surface area contributed by atoms with Gasteiger partial charge in [0.2, 0.25) is 10.0 Å². The standard InChI is InChI=1S/C24H21F2N3O3S/c1-2-10-33(31,32)29-19-9-8-18(25)22(23(19)26)21(30)12-15-11-17-13-20(28-24(17)27-14-15)16-6-4-3-5-7-16/h3-9,11,13-14,29H,2,10,12H2,1H3,(H,27,28). The molecule has 2 aromatic heterocycles. The van der Waals surface area contributed by atoms with E-state index in [9.17, 15) is 22.0 Å². The predicted octanol–water partition coefficient (Wildman–Crippen LogP) is 5.09. The molecule has 2 aromatic carbocycles. The number of halogens is 2. The van der Waals surface area contributed by atoms with E-state index in [2.05, 4.69) is 14.7 Å². The van der Waals surface area contributed by atoms with Crippen LogP contribution in [0.1, 0.15) is 29.3 Å². The molecule has 0 aliphatic rings. The number of aromatic amines is 1. The number of ketones is 1. The number of carbonyl (C=O) groups excluding carboxylic acids is 1. The monoisotopic (exact) mass is 469 g/mol. The Hall–Kier alpha value is -3.59. The summed E-state index contributed by atoms with van der Waals surface area (Å²) < 4.78 is 55.3. The van der Waals surface area contributed by atoms with Gasteiger partial charge in [-0.3, -0.25) is 9.52 Å². The minimum Gasteiger partial charge on any atom is -0.339 e.